The first-order valence-corrected chi connectivity index (χ1v) is 19.3. The molecule has 2 aliphatic heterocycles. The van der Waals surface area contributed by atoms with Gasteiger partial charge in [-0.15, -0.1) is 0 Å². The summed E-state index contributed by atoms with van der Waals surface area (Å²) >= 11 is 0. The fraction of sp³-hybridized carbons (Fsp3) is 0.267. The van der Waals surface area contributed by atoms with Gasteiger partial charge in [0.1, 0.15) is 5.69 Å². The number of hydrogen-bond acceptors (Lipinski definition) is 6. The van der Waals surface area contributed by atoms with Crippen molar-refractivity contribution >= 4 is 45.9 Å². The second-order valence-corrected chi connectivity index (χ2v) is 15.2. The van der Waals surface area contributed by atoms with Crippen LogP contribution in [0.5, 0.6) is 0 Å². The van der Waals surface area contributed by atoms with E-state index in [1.54, 1.807) is 41.4 Å². The molecule has 0 unspecified atom stereocenters. The summed E-state index contributed by atoms with van der Waals surface area (Å²) in [5, 5.41) is 5.23. The summed E-state index contributed by atoms with van der Waals surface area (Å²) in [7, 11) is 3.52. The Hall–Kier alpha value is -6.63. The number of pyridine rings is 1. The zero-order valence-corrected chi connectivity index (χ0v) is 32.7. The Labute approximate surface area is 333 Å². The van der Waals surface area contributed by atoms with Crippen molar-refractivity contribution in [3.8, 4) is 22.3 Å². The lowest BCUT2D eigenvalue weighted by Gasteiger charge is -2.33. The molecule has 1 fully saturated rings. The van der Waals surface area contributed by atoms with Crippen molar-refractivity contribution in [2.75, 3.05) is 22.9 Å². The van der Waals surface area contributed by atoms with Gasteiger partial charge in [-0.05, 0) is 94.6 Å². The third-order valence-electron chi connectivity index (χ3n) is 11.2. The molecule has 13 heteroatoms. The predicted molar refractivity (Wildman–Crippen MR) is 221 cm³/mol. The lowest BCUT2D eigenvalue weighted by atomic mass is 9.91. The number of nitrogens with zero attached hydrogens (tertiary/aromatic N) is 5. The lowest BCUT2D eigenvalue weighted by Crippen LogP contribution is -2.49. The number of amides is 4. The van der Waals surface area contributed by atoms with Gasteiger partial charge in [-0.2, -0.15) is 0 Å². The number of rotatable bonds is 9. The van der Waals surface area contributed by atoms with E-state index in [4.69, 9.17) is 0 Å². The molecule has 4 amide bonds. The van der Waals surface area contributed by atoms with Crippen LogP contribution in [0.3, 0.4) is 0 Å². The zero-order chi connectivity index (χ0) is 40.8. The van der Waals surface area contributed by atoms with E-state index in [0.717, 1.165) is 56.6 Å². The number of urea groups is 1. The Morgan fingerprint density at radius 2 is 1.59 bits per heavy atom. The van der Waals surface area contributed by atoms with Crippen LogP contribution in [0.4, 0.5) is 30.6 Å². The van der Waals surface area contributed by atoms with Gasteiger partial charge < -0.3 is 10.2 Å². The number of hydrogen-bond donors (Lipinski definition) is 2. The molecule has 0 radical (unpaired) electrons. The standard InChI is InChI=1S/C45H43F2N7O4/c1-26(2)34-21-33(22-39-41(34)52(4)45(58)51(39)3)53-17-6-8-30-20-35(36(42(46)47)23-38(30)53)31-14-15-37(48-25-31)43(56)49-24-27-10-12-28(13-11-27)29-7-5-9-32(19-29)54-18-16-40(55)50-44(54)57/h5,7,9-15,19-23,25-26,42H,6,8,16-18,24H2,1-4H3,(H,49,56)(H,50,55,57). The average molecular weight is 784 g/mol. The van der Waals surface area contributed by atoms with Gasteiger partial charge in [0.05, 0.1) is 11.0 Å². The van der Waals surface area contributed by atoms with Crippen LogP contribution in [-0.4, -0.2) is 45.1 Å². The number of nitrogens with one attached hydrogen (secondary N) is 2. The summed E-state index contributed by atoms with van der Waals surface area (Å²) in [4.78, 5) is 57.9. The van der Waals surface area contributed by atoms with E-state index in [1.165, 1.54) is 11.1 Å². The van der Waals surface area contributed by atoms with Gasteiger partial charge in [-0.1, -0.05) is 56.3 Å². The maximum Gasteiger partial charge on any atom is 0.328 e. The first-order valence-electron chi connectivity index (χ1n) is 19.3. The van der Waals surface area contributed by atoms with E-state index in [0.29, 0.717) is 36.3 Å². The molecule has 4 heterocycles. The fourth-order valence-electron chi connectivity index (χ4n) is 8.05. The summed E-state index contributed by atoms with van der Waals surface area (Å²) in [6.07, 6.45) is 0.487. The minimum Gasteiger partial charge on any atom is -0.347 e. The predicted octanol–water partition coefficient (Wildman–Crippen LogP) is 8.13. The summed E-state index contributed by atoms with van der Waals surface area (Å²) in [6, 6.07) is 25.4. The number of aryl methyl sites for hydroxylation is 3. The monoisotopic (exact) mass is 783 g/mol. The zero-order valence-electron chi connectivity index (χ0n) is 32.7. The van der Waals surface area contributed by atoms with Crippen molar-refractivity contribution < 1.29 is 23.2 Å². The van der Waals surface area contributed by atoms with Crippen molar-refractivity contribution in [1.29, 1.82) is 0 Å². The van der Waals surface area contributed by atoms with Crippen LogP contribution in [0.2, 0.25) is 0 Å². The molecule has 296 valence electrons. The van der Waals surface area contributed by atoms with Crippen molar-refractivity contribution in [3.05, 3.63) is 130 Å². The number of aromatic nitrogens is 3. The number of carbonyl (C=O) groups excluding carboxylic acids is 3. The minimum absolute atomic E-state index is 0.117. The molecule has 0 aliphatic carbocycles. The Bertz CT molecular complexity index is 2650. The second kappa shape index (κ2) is 15.4. The van der Waals surface area contributed by atoms with Crippen LogP contribution < -0.4 is 26.1 Å². The fourth-order valence-corrected chi connectivity index (χ4v) is 8.05. The molecule has 4 aromatic carbocycles. The van der Waals surface area contributed by atoms with E-state index in [2.05, 4.69) is 40.4 Å². The topological polar surface area (TPSA) is 122 Å². The maximum absolute atomic E-state index is 14.8. The second-order valence-electron chi connectivity index (χ2n) is 15.2. The summed E-state index contributed by atoms with van der Waals surface area (Å²) in [5.74, 6) is -0.553. The molecule has 2 aliphatic rings. The summed E-state index contributed by atoms with van der Waals surface area (Å²) < 4.78 is 33.0. The summed E-state index contributed by atoms with van der Waals surface area (Å²) in [5.41, 5.74) is 9.35. The lowest BCUT2D eigenvalue weighted by molar-refractivity contribution is -0.120. The van der Waals surface area contributed by atoms with Crippen molar-refractivity contribution in [1.82, 2.24) is 24.8 Å². The molecular formula is C45H43F2N7O4. The molecule has 2 aromatic heterocycles. The van der Waals surface area contributed by atoms with Gasteiger partial charge in [0.15, 0.2) is 0 Å². The Morgan fingerprint density at radius 3 is 2.29 bits per heavy atom. The highest BCUT2D eigenvalue weighted by Crippen LogP contribution is 2.43. The number of benzene rings is 4. The Balaban J connectivity index is 0.980. The van der Waals surface area contributed by atoms with E-state index in [9.17, 15) is 28.0 Å². The highest BCUT2D eigenvalue weighted by molar-refractivity contribution is 6.05. The van der Waals surface area contributed by atoms with E-state index < -0.39 is 18.4 Å². The number of anilines is 3. The SMILES string of the molecule is CC(C)c1cc(N2CCCc3cc(-c4ccc(C(=O)NCc5ccc(-c6cccc(N7CCC(=O)NC7=O)c6)cc5)nc4)c(C(F)F)cc32)cc2c1n(C)c(=O)n2C. The van der Waals surface area contributed by atoms with E-state index in [1.807, 2.05) is 60.7 Å². The normalized spacial score (nSPS) is 14.3. The number of alkyl halides is 2. The van der Waals surface area contributed by atoms with Gasteiger partial charge in [0.25, 0.3) is 12.3 Å². The van der Waals surface area contributed by atoms with Crippen molar-refractivity contribution in [3.63, 3.8) is 0 Å². The van der Waals surface area contributed by atoms with Gasteiger partial charge in [0.2, 0.25) is 5.91 Å². The van der Waals surface area contributed by atoms with Crippen LogP contribution in [0.25, 0.3) is 33.3 Å². The number of halogens is 2. The van der Waals surface area contributed by atoms with Crippen LogP contribution >= 0.6 is 0 Å². The van der Waals surface area contributed by atoms with Gasteiger partial charge >= 0.3 is 11.7 Å². The third-order valence-corrected chi connectivity index (χ3v) is 11.2. The van der Waals surface area contributed by atoms with Crippen molar-refractivity contribution in [2.45, 2.75) is 52.0 Å². The van der Waals surface area contributed by atoms with Crippen LogP contribution in [0.15, 0.2) is 95.9 Å². The van der Waals surface area contributed by atoms with Gasteiger partial charge in [0, 0.05) is 74.5 Å². The molecule has 2 N–H and O–H groups in total. The quantitative estimate of drug-likeness (QED) is 0.153. The molecule has 0 spiro atoms. The van der Waals surface area contributed by atoms with Crippen LogP contribution in [0.1, 0.15) is 71.8 Å². The Morgan fingerprint density at radius 1 is 0.810 bits per heavy atom. The minimum atomic E-state index is -2.76. The molecule has 0 saturated carbocycles. The summed E-state index contributed by atoms with van der Waals surface area (Å²) in [6.45, 7) is 5.37. The highest BCUT2D eigenvalue weighted by atomic mass is 19.3. The molecule has 1 saturated heterocycles. The number of imidazole rings is 1. The molecule has 0 atom stereocenters. The molecule has 8 rings (SSSR count). The van der Waals surface area contributed by atoms with E-state index in [-0.39, 0.29) is 41.7 Å². The molecule has 58 heavy (non-hydrogen) atoms. The molecular weight excluding hydrogens is 741 g/mol. The van der Waals surface area contributed by atoms with Crippen LogP contribution in [0, 0.1) is 0 Å². The first-order chi connectivity index (χ1) is 27.9. The largest absolute Gasteiger partial charge is 0.347 e. The average Bonchev–Trinajstić information content (AvgIpc) is 3.45. The van der Waals surface area contributed by atoms with Gasteiger partial charge in [-0.3, -0.25) is 33.9 Å². The van der Waals surface area contributed by atoms with E-state index >= 15 is 0 Å². The smallest absolute Gasteiger partial charge is 0.328 e. The maximum atomic E-state index is 14.8. The molecule has 11 nitrogen and oxygen atoms in total. The first kappa shape index (κ1) is 38.3. The number of carbonyl (C=O) groups is 3. The third kappa shape index (κ3) is 7.12. The molecule has 0 bridgehead atoms. The number of imide groups is 1. The van der Waals surface area contributed by atoms with Crippen molar-refractivity contribution in [2.24, 2.45) is 14.1 Å². The molecule has 6 aromatic rings. The number of fused-ring (bicyclic) bond motifs is 2. The van der Waals surface area contributed by atoms with Crippen LogP contribution in [-0.2, 0) is 31.9 Å². The Kier molecular flexibility index (Phi) is 10.1. The highest BCUT2D eigenvalue weighted by Gasteiger charge is 2.27. The van der Waals surface area contributed by atoms with Gasteiger partial charge in [-0.25, -0.2) is 18.4 Å².